The number of para-hydroxylation sites is 1. The molecule has 0 radical (unpaired) electrons. The van der Waals surface area contributed by atoms with Gasteiger partial charge in [0, 0.05) is 12.5 Å². The smallest absolute Gasteiger partial charge is 0.330 e. The van der Waals surface area contributed by atoms with Crippen molar-refractivity contribution in [2.45, 2.75) is 13.8 Å². The lowest BCUT2D eigenvalue weighted by Gasteiger charge is -2.11. The minimum Gasteiger partial charge on any atom is -0.490 e. The van der Waals surface area contributed by atoms with E-state index >= 15 is 0 Å². The lowest BCUT2D eigenvalue weighted by molar-refractivity contribution is -0.138. The Morgan fingerprint density at radius 2 is 1.68 bits per heavy atom. The van der Waals surface area contributed by atoms with Gasteiger partial charge in [-0.1, -0.05) is 62.5 Å². The number of ether oxygens (including phenoxy) is 2. The van der Waals surface area contributed by atoms with Crippen LogP contribution in [0.1, 0.15) is 18.6 Å². The molecule has 0 atom stereocenters. The molecule has 0 fully saturated rings. The normalized spacial score (nSPS) is 9.45. The van der Waals surface area contributed by atoms with Crippen LogP contribution in [0.5, 0.6) is 5.75 Å². The summed E-state index contributed by atoms with van der Waals surface area (Å²) in [4.78, 5) is 10.9. The quantitative estimate of drug-likeness (QED) is 0.440. The SMILES string of the molecule is C.C=CC(=O)OCCOc1ccccc1Cc1ccccc1. The highest BCUT2D eigenvalue weighted by atomic mass is 16.6. The van der Waals surface area contributed by atoms with Crippen LogP contribution < -0.4 is 4.74 Å². The molecule has 0 aliphatic carbocycles. The van der Waals surface area contributed by atoms with Crippen LogP contribution in [0.2, 0.25) is 0 Å². The summed E-state index contributed by atoms with van der Waals surface area (Å²) in [5.74, 6) is 0.382. The Balaban J connectivity index is 0.00000242. The molecule has 3 heteroatoms. The molecule has 116 valence electrons. The number of hydrogen-bond donors (Lipinski definition) is 0. The Hall–Kier alpha value is -2.55. The molecular formula is C19H22O3. The zero-order chi connectivity index (χ0) is 14.9. The molecule has 0 aromatic heterocycles. The van der Waals surface area contributed by atoms with Gasteiger partial charge < -0.3 is 9.47 Å². The second kappa shape index (κ2) is 9.40. The van der Waals surface area contributed by atoms with E-state index in [1.54, 1.807) is 0 Å². The molecule has 0 aliphatic rings. The van der Waals surface area contributed by atoms with Gasteiger partial charge in [0.05, 0.1) is 0 Å². The number of benzene rings is 2. The Labute approximate surface area is 132 Å². The average Bonchev–Trinajstić information content (AvgIpc) is 2.53. The molecule has 0 spiro atoms. The van der Waals surface area contributed by atoms with E-state index in [-0.39, 0.29) is 14.0 Å². The maximum atomic E-state index is 10.9. The summed E-state index contributed by atoms with van der Waals surface area (Å²) < 4.78 is 10.6. The van der Waals surface area contributed by atoms with Gasteiger partial charge in [0.1, 0.15) is 19.0 Å². The van der Waals surface area contributed by atoms with Crippen LogP contribution in [0.4, 0.5) is 0 Å². The van der Waals surface area contributed by atoms with E-state index in [1.165, 1.54) is 5.56 Å². The van der Waals surface area contributed by atoms with Crippen LogP contribution >= 0.6 is 0 Å². The first kappa shape index (κ1) is 17.5. The van der Waals surface area contributed by atoms with Crippen LogP contribution in [0.3, 0.4) is 0 Å². The van der Waals surface area contributed by atoms with Gasteiger partial charge in [-0.2, -0.15) is 0 Å². The van der Waals surface area contributed by atoms with Gasteiger partial charge in [0.2, 0.25) is 0 Å². The van der Waals surface area contributed by atoms with Crippen LogP contribution in [0.15, 0.2) is 67.3 Å². The van der Waals surface area contributed by atoms with Crippen molar-refractivity contribution in [1.82, 2.24) is 0 Å². The second-order valence-corrected chi connectivity index (χ2v) is 4.49. The lowest BCUT2D eigenvalue weighted by atomic mass is 10.0. The van der Waals surface area contributed by atoms with E-state index in [9.17, 15) is 4.79 Å². The van der Waals surface area contributed by atoms with Crippen LogP contribution in [0, 0.1) is 0 Å². The molecule has 0 aliphatic heterocycles. The first-order valence-electron chi connectivity index (χ1n) is 6.83. The molecule has 0 saturated heterocycles. The maximum Gasteiger partial charge on any atom is 0.330 e. The van der Waals surface area contributed by atoms with Gasteiger partial charge in [0.15, 0.2) is 0 Å². The zero-order valence-electron chi connectivity index (χ0n) is 11.8. The largest absolute Gasteiger partial charge is 0.490 e. The number of esters is 1. The van der Waals surface area contributed by atoms with Crippen molar-refractivity contribution in [2.24, 2.45) is 0 Å². The summed E-state index contributed by atoms with van der Waals surface area (Å²) in [5, 5.41) is 0. The number of rotatable bonds is 7. The van der Waals surface area contributed by atoms with Gasteiger partial charge in [0.25, 0.3) is 0 Å². The van der Waals surface area contributed by atoms with Crippen molar-refractivity contribution in [2.75, 3.05) is 13.2 Å². The van der Waals surface area contributed by atoms with Gasteiger partial charge in [-0.05, 0) is 17.2 Å². The first-order chi connectivity index (χ1) is 10.3. The zero-order valence-corrected chi connectivity index (χ0v) is 11.8. The Morgan fingerprint density at radius 1 is 1.00 bits per heavy atom. The highest BCUT2D eigenvalue weighted by molar-refractivity contribution is 5.81. The van der Waals surface area contributed by atoms with E-state index in [4.69, 9.17) is 9.47 Å². The second-order valence-electron chi connectivity index (χ2n) is 4.49. The minimum atomic E-state index is -0.434. The Kier molecular flexibility index (Phi) is 7.48. The van der Waals surface area contributed by atoms with E-state index in [0.717, 1.165) is 23.8 Å². The average molecular weight is 298 g/mol. The summed E-state index contributed by atoms with van der Waals surface area (Å²) in [6.45, 7) is 3.88. The van der Waals surface area contributed by atoms with Gasteiger partial charge in [-0.15, -0.1) is 0 Å². The van der Waals surface area contributed by atoms with Crippen molar-refractivity contribution >= 4 is 5.97 Å². The molecule has 0 N–H and O–H groups in total. The molecule has 3 nitrogen and oxygen atoms in total. The Bertz CT molecular complexity index is 591. The molecular weight excluding hydrogens is 276 g/mol. The topological polar surface area (TPSA) is 35.5 Å². The number of carbonyl (C=O) groups excluding carboxylic acids is 1. The molecule has 0 bridgehead atoms. The molecule has 0 heterocycles. The summed E-state index contributed by atoms with van der Waals surface area (Å²) >= 11 is 0. The third kappa shape index (κ3) is 5.44. The summed E-state index contributed by atoms with van der Waals surface area (Å²) in [6.07, 6.45) is 1.95. The monoisotopic (exact) mass is 298 g/mol. The molecule has 0 saturated carbocycles. The van der Waals surface area contributed by atoms with Crippen molar-refractivity contribution in [3.63, 3.8) is 0 Å². The van der Waals surface area contributed by atoms with Crippen LogP contribution in [-0.4, -0.2) is 19.2 Å². The Morgan fingerprint density at radius 3 is 2.41 bits per heavy atom. The predicted octanol–water partition coefficient (Wildman–Crippen LogP) is 4.02. The van der Waals surface area contributed by atoms with E-state index in [1.807, 2.05) is 42.5 Å². The molecule has 22 heavy (non-hydrogen) atoms. The van der Waals surface area contributed by atoms with Gasteiger partial charge in [-0.3, -0.25) is 0 Å². The molecule has 2 aromatic carbocycles. The van der Waals surface area contributed by atoms with Crippen LogP contribution in [0.25, 0.3) is 0 Å². The van der Waals surface area contributed by atoms with Gasteiger partial charge in [-0.25, -0.2) is 4.79 Å². The standard InChI is InChI=1S/C18H18O3.CH4/c1-2-18(19)21-13-12-20-17-11-7-6-10-16(17)14-15-8-4-3-5-9-15;/h2-11H,1,12-14H2;1H4. The summed E-state index contributed by atoms with van der Waals surface area (Å²) in [7, 11) is 0. The van der Waals surface area contributed by atoms with E-state index in [0.29, 0.717) is 6.61 Å². The fraction of sp³-hybridized carbons (Fsp3) is 0.211. The molecule has 2 aromatic rings. The number of hydrogen-bond acceptors (Lipinski definition) is 3. The van der Waals surface area contributed by atoms with E-state index < -0.39 is 5.97 Å². The number of carbonyl (C=O) groups is 1. The third-order valence-electron chi connectivity index (χ3n) is 2.96. The van der Waals surface area contributed by atoms with E-state index in [2.05, 4.69) is 18.7 Å². The van der Waals surface area contributed by atoms with Crippen LogP contribution in [-0.2, 0) is 16.0 Å². The van der Waals surface area contributed by atoms with Crippen molar-refractivity contribution < 1.29 is 14.3 Å². The highest BCUT2D eigenvalue weighted by Crippen LogP contribution is 2.21. The van der Waals surface area contributed by atoms with Crippen molar-refractivity contribution in [3.8, 4) is 5.75 Å². The molecule has 0 unspecified atom stereocenters. The maximum absolute atomic E-state index is 10.9. The lowest BCUT2D eigenvalue weighted by Crippen LogP contribution is -2.11. The fourth-order valence-electron chi connectivity index (χ4n) is 1.96. The van der Waals surface area contributed by atoms with Crippen molar-refractivity contribution in [1.29, 1.82) is 0 Å². The third-order valence-corrected chi connectivity index (χ3v) is 2.96. The van der Waals surface area contributed by atoms with Crippen molar-refractivity contribution in [3.05, 3.63) is 78.4 Å². The van der Waals surface area contributed by atoms with Gasteiger partial charge >= 0.3 is 5.97 Å². The first-order valence-corrected chi connectivity index (χ1v) is 6.83. The fourth-order valence-corrected chi connectivity index (χ4v) is 1.96. The molecule has 0 amide bonds. The predicted molar refractivity (Wildman–Crippen MR) is 89.1 cm³/mol. The summed E-state index contributed by atoms with van der Waals surface area (Å²) in [6, 6.07) is 18.1. The molecule has 2 rings (SSSR count). The minimum absolute atomic E-state index is 0. The highest BCUT2D eigenvalue weighted by Gasteiger charge is 2.04. The summed E-state index contributed by atoms with van der Waals surface area (Å²) in [5.41, 5.74) is 2.34.